The summed E-state index contributed by atoms with van der Waals surface area (Å²) in [6.45, 7) is 0. The van der Waals surface area contributed by atoms with Crippen molar-refractivity contribution in [3.05, 3.63) is 42.8 Å². The van der Waals surface area contributed by atoms with E-state index in [0.29, 0.717) is 0 Å². The van der Waals surface area contributed by atoms with Gasteiger partial charge in [0.1, 0.15) is 11.2 Å². The van der Waals surface area contributed by atoms with Crippen LogP contribution < -0.4 is 0 Å². The number of hydrogen-bond donors (Lipinski definition) is 0. The molecule has 4 heteroatoms. The number of halogens is 3. The second kappa shape index (κ2) is 3.99. The van der Waals surface area contributed by atoms with Crippen LogP contribution in [-0.4, -0.2) is 0 Å². The van der Waals surface area contributed by atoms with E-state index in [1.54, 1.807) is 0 Å². The van der Waals surface area contributed by atoms with Gasteiger partial charge in [-0.1, -0.05) is 28.1 Å². The molecule has 2 aromatic carbocycles. The molecule has 1 aromatic heterocycles. The Balaban J connectivity index is 2.61. The molecule has 0 radical (unpaired) electrons. The first-order valence-corrected chi connectivity index (χ1v) is 7.29. The largest absolute Gasteiger partial charge is 0.454 e. The molecule has 0 atom stereocenters. The number of hydrogen-bond acceptors (Lipinski definition) is 1. The topological polar surface area (TPSA) is 13.1 Å². The van der Waals surface area contributed by atoms with Gasteiger partial charge in [-0.05, 0) is 56.7 Å². The fraction of sp³-hybridized carbons (Fsp3) is 0. The van der Waals surface area contributed by atoms with Gasteiger partial charge in [0.15, 0.2) is 0 Å². The van der Waals surface area contributed by atoms with Crippen LogP contribution in [0.1, 0.15) is 0 Å². The summed E-state index contributed by atoms with van der Waals surface area (Å²) in [5.41, 5.74) is 1.86. The summed E-state index contributed by atoms with van der Waals surface area (Å²) in [5.74, 6) is 0. The third-order valence-corrected chi connectivity index (χ3v) is 4.37. The van der Waals surface area contributed by atoms with Gasteiger partial charge in [0, 0.05) is 15.2 Å². The van der Waals surface area contributed by atoms with E-state index in [4.69, 9.17) is 4.42 Å². The molecule has 0 fully saturated rings. The number of rotatable bonds is 0. The van der Waals surface area contributed by atoms with Gasteiger partial charge < -0.3 is 4.42 Å². The maximum absolute atomic E-state index is 5.89. The van der Waals surface area contributed by atoms with E-state index in [1.807, 2.05) is 18.2 Å². The first-order chi connectivity index (χ1) is 7.66. The fourth-order valence-electron chi connectivity index (χ4n) is 1.79. The van der Waals surface area contributed by atoms with Crippen molar-refractivity contribution in [1.82, 2.24) is 0 Å². The van der Waals surface area contributed by atoms with E-state index in [0.717, 1.165) is 34.5 Å². The van der Waals surface area contributed by atoms with Crippen LogP contribution in [0.3, 0.4) is 0 Å². The smallest absolute Gasteiger partial charge is 0.149 e. The molecule has 0 N–H and O–H groups in total. The average molecular weight is 452 g/mol. The quantitative estimate of drug-likeness (QED) is 0.399. The normalized spacial score (nSPS) is 11.4. The van der Waals surface area contributed by atoms with Gasteiger partial charge in [0.25, 0.3) is 0 Å². The number of furan rings is 1. The van der Waals surface area contributed by atoms with Crippen LogP contribution in [0.15, 0.2) is 43.7 Å². The molecule has 1 nitrogen and oxygen atoms in total. The van der Waals surface area contributed by atoms with Crippen molar-refractivity contribution in [2.24, 2.45) is 0 Å². The van der Waals surface area contributed by atoms with Crippen LogP contribution in [0.4, 0.5) is 0 Å². The van der Waals surface area contributed by atoms with Crippen molar-refractivity contribution in [2.45, 2.75) is 0 Å². The lowest BCUT2D eigenvalue weighted by Gasteiger charge is -1.94. The lowest BCUT2D eigenvalue weighted by atomic mass is 10.2. The van der Waals surface area contributed by atoms with E-state index < -0.39 is 0 Å². The molecular weight excluding hydrogens is 447 g/mol. The van der Waals surface area contributed by atoms with Gasteiger partial charge in [-0.2, -0.15) is 0 Å². The maximum atomic E-state index is 5.89. The number of fused-ring (bicyclic) bond motifs is 3. The van der Waals surface area contributed by atoms with Gasteiger partial charge in [-0.15, -0.1) is 0 Å². The van der Waals surface area contributed by atoms with Gasteiger partial charge in [-0.25, -0.2) is 0 Å². The Hall–Kier alpha value is -0.0700. The predicted octanol–water partition coefficient (Wildman–Crippen LogP) is 5.72. The Kier molecular flexibility index (Phi) is 2.76. The molecule has 0 aliphatic rings. The van der Waals surface area contributed by atoms with Crippen LogP contribution in [0.2, 0.25) is 0 Å². The highest BCUT2D eigenvalue weighted by Gasteiger charge is 2.12. The molecule has 16 heavy (non-hydrogen) atoms. The van der Waals surface area contributed by atoms with Gasteiger partial charge in [0.05, 0.1) is 8.04 Å². The van der Waals surface area contributed by atoms with Crippen molar-refractivity contribution in [3.63, 3.8) is 0 Å². The average Bonchev–Trinajstić information content (AvgIpc) is 2.59. The van der Waals surface area contributed by atoms with Crippen molar-refractivity contribution in [2.75, 3.05) is 0 Å². The molecule has 1 heterocycles. The minimum Gasteiger partial charge on any atom is -0.454 e. The highest BCUT2D eigenvalue weighted by Crippen LogP contribution is 2.37. The number of benzene rings is 2. The van der Waals surface area contributed by atoms with Crippen LogP contribution in [-0.2, 0) is 0 Å². The molecule has 3 rings (SSSR count). The highest BCUT2D eigenvalue weighted by molar-refractivity contribution is 14.1. The summed E-state index contributed by atoms with van der Waals surface area (Å²) in [7, 11) is 0. The Morgan fingerprint density at radius 3 is 2.62 bits per heavy atom. The Morgan fingerprint density at radius 1 is 1.00 bits per heavy atom. The van der Waals surface area contributed by atoms with Crippen molar-refractivity contribution >= 4 is 76.4 Å². The first kappa shape index (κ1) is 11.0. The van der Waals surface area contributed by atoms with Crippen LogP contribution in [0, 0.1) is 3.57 Å². The Labute approximate surface area is 123 Å². The zero-order valence-electron chi connectivity index (χ0n) is 7.93. The molecule has 0 unspecified atom stereocenters. The van der Waals surface area contributed by atoms with E-state index in [-0.39, 0.29) is 0 Å². The summed E-state index contributed by atoms with van der Waals surface area (Å²) >= 11 is 9.32. The van der Waals surface area contributed by atoms with Crippen LogP contribution >= 0.6 is 54.5 Å². The minimum atomic E-state index is 0.905. The molecule has 0 aliphatic carbocycles. The summed E-state index contributed by atoms with van der Waals surface area (Å²) in [5, 5.41) is 2.29. The summed E-state index contributed by atoms with van der Waals surface area (Å²) < 4.78 is 9.05. The predicted molar refractivity (Wildman–Crippen MR) is 81.8 cm³/mol. The van der Waals surface area contributed by atoms with Crippen LogP contribution in [0.25, 0.3) is 21.9 Å². The SMILES string of the molecule is Brc1cc(Br)c2oc3c(I)cccc3c2c1. The summed E-state index contributed by atoms with van der Waals surface area (Å²) in [4.78, 5) is 0. The van der Waals surface area contributed by atoms with E-state index >= 15 is 0 Å². The molecule has 0 saturated heterocycles. The maximum Gasteiger partial charge on any atom is 0.149 e. The van der Waals surface area contributed by atoms with Gasteiger partial charge in [0.2, 0.25) is 0 Å². The lowest BCUT2D eigenvalue weighted by molar-refractivity contribution is 0.664. The summed E-state index contributed by atoms with van der Waals surface area (Å²) in [6, 6.07) is 10.3. The minimum absolute atomic E-state index is 0.905. The Bertz CT molecular complexity index is 703. The molecule has 3 aromatic rings. The summed E-state index contributed by atoms with van der Waals surface area (Å²) in [6.07, 6.45) is 0. The molecule has 0 amide bonds. The molecule has 0 aliphatic heterocycles. The number of para-hydroxylation sites is 1. The van der Waals surface area contributed by atoms with Gasteiger partial charge in [-0.3, -0.25) is 0 Å². The fourth-order valence-corrected chi connectivity index (χ4v) is 3.71. The Morgan fingerprint density at radius 2 is 1.81 bits per heavy atom. The molecule has 80 valence electrons. The van der Waals surface area contributed by atoms with E-state index in [2.05, 4.69) is 66.6 Å². The zero-order chi connectivity index (χ0) is 11.3. The van der Waals surface area contributed by atoms with E-state index in [9.17, 15) is 0 Å². The lowest BCUT2D eigenvalue weighted by Crippen LogP contribution is -1.71. The third-order valence-electron chi connectivity index (χ3n) is 2.47. The van der Waals surface area contributed by atoms with Crippen molar-refractivity contribution in [3.8, 4) is 0 Å². The molecule has 0 saturated carbocycles. The third kappa shape index (κ3) is 1.62. The first-order valence-electron chi connectivity index (χ1n) is 4.62. The standard InChI is InChI=1S/C12H5Br2IO/c13-6-4-8-7-2-1-3-10(15)12(7)16-11(8)9(14)5-6/h1-5H. The highest BCUT2D eigenvalue weighted by atomic mass is 127. The molecule has 0 bridgehead atoms. The van der Waals surface area contributed by atoms with Crippen molar-refractivity contribution < 1.29 is 4.42 Å². The van der Waals surface area contributed by atoms with Crippen molar-refractivity contribution in [1.29, 1.82) is 0 Å². The molecular formula is C12H5Br2IO. The second-order valence-electron chi connectivity index (χ2n) is 3.48. The molecule has 0 spiro atoms. The second-order valence-corrected chi connectivity index (χ2v) is 6.42. The zero-order valence-corrected chi connectivity index (χ0v) is 13.3. The van der Waals surface area contributed by atoms with Gasteiger partial charge >= 0.3 is 0 Å². The monoisotopic (exact) mass is 450 g/mol. The van der Waals surface area contributed by atoms with E-state index in [1.165, 1.54) is 0 Å². The van der Waals surface area contributed by atoms with Crippen LogP contribution in [0.5, 0.6) is 0 Å².